The number of rotatable bonds is 5. The molecular weight excluding hydrogens is 279 g/mol. The van der Waals surface area contributed by atoms with Crippen molar-refractivity contribution in [3.05, 3.63) is 34.1 Å². The second-order valence-electron chi connectivity index (χ2n) is 5.06. The highest BCUT2D eigenvalue weighted by molar-refractivity contribution is 5.52. The average Bonchev–Trinajstić information content (AvgIpc) is 2.49. The molecule has 0 atom stereocenters. The van der Waals surface area contributed by atoms with Crippen LogP contribution in [0.4, 0.5) is 15.8 Å². The van der Waals surface area contributed by atoms with Crippen molar-refractivity contribution in [2.75, 3.05) is 32.2 Å². The monoisotopic (exact) mass is 298 g/mol. The number of hydrogen-bond donors (Lipinski definition) is 0. The summed E-state index contributed by atoms with van der Waals surface area (Å²) in [7, 11) is 3.22. The molecule has 0 spiro atoms. The van der Waals surface area contributed by atoms with Gasteiger partial charge in [-0.3, -0.25) is 10.1 Å². The van der Waals surface area contributed by atoms with E-state index in [9.17, 15) is 14.5 Å². The maximum absolute atomic E-state index is 14.0. The zero-order valence-electron chi connectivity index (χ0n) is 12.1. The first-order chi connectivity index (χ1) is 10.1. The van der Waals surface area contributed by atoms with Crippen LogP contribution in [0.5, 0.6) is 0 Å². The lowest BCUT2D eigenvalue weighted by Crippen LogP contribution is -2.39. The summed E-state index contributed by atoms with van der Waals surface area (Å²) in [5.74, 6) is -0.282. The van der Waals surface area contributed by atoms with Gasteiger partial charge in [-0.15, -0.1) is 0 Å². The normalized spacial score (nSPS) is 16.5. The maximum atomic E-state index is 14.0. The second kappa shape index (κ2) is 6.82. The first-order valence-electron chi connectivity index (χ1n) is 6.81. The fourth-order valence-electron chi connectivity index (χ4n) is 2.76. The lowest BCUT2D eigenvalue weighted by atomic mass is 9.95. The summed E-state index contributed by atoms with van der Waals surface area (Å²) >= 11 is 0. The van der Waals surface area contributed by atoms with E-state index in [0.29, 0.717) is 18.8 Å². The van der Waals surface area contributed by atoms with E-state index in [1.165, 1.54) is 12.1 Å². The number of benzene rings is 1. The van der Waals surface area contributed by atoms with Crippen molar-refractivity contribution in [1.29, 1.82) is 0 Å². The molecule has 1 aromatic rings. The van der Waals surface area contributed by atoms with Gasteiger partial charge in [0.05, 0.1) is 16.7 Å². The Morgan fingerprint density at radius 1 is 1.33 bits per heavy atom. The Morgan fingerprint density at radius 3 is 2.43 bits per heavy atom. The third kappa shape index (κ3) is 3.48. The Hall–Kier alpha value is -1.73. The van der Waals surface area contributed by atoms with Crippen molar-refractivity contribution in [2.45, 2.75) is 19.1 Å². The third-order valence-corrected chi connectivity index (χ3v) is 3.87. The molecule has 7 heteroatoms. The number of non-ortho nitro benzene ring substituents is 1. The smallest absolute Gasteiger partial charge is 0.272 e. The zero-order valence-corrected chi connectivity index (χ0v) is 12.1. The summed E-state index contributed by atoms with van der Waals surface area (Å²) in [4.78, 5) is 11.9. The van der Waals surface area contributed by atoms with Gasteiger partial charge < -0.3 is 14.4 Å². The van der Waals surface area contributed by atoms with Crippen LogP contribution in [-0.2, 0) is 9.47 Å². The van der Waals surface area contributed by atoms with E-state index in [0.717, 1.165) is 18.9 Å². The van der Waals surface area contributed by atoms with Crippen LogP contribution in [0.1, 0.15) is 12.8 Å². The molecule has 0 N–H and O–H groups in total. The van der Waals surface area contributed by atoms with E-state index >= 15 is 0 Å². The number of nitro groups is 1. The molecule has 0 bridgehead atoms. The van der Waals surface area contributed by atoms with Crippen LogP contribution >= 0.6 is 0 Å². The van der Waals surface area contributed by atoms with Crippen molar-refractivity contribution in [3.63, 3.8) is 0 Å². The van der Waals surface area contributed by atoms with Gasteiger partial charge >= 0.3 is 0 Å². The first kappa shape index (κ1) is 15.7. The summed E-state index contributed by atoms with van der Waals surface area (Å²) in [5.41, 5.74) is 0.176. The van der Waals surface area contributed by atoms with E-state index in [1.807, 2.05) is 4.90 Å². The summed E-state index contributed by atoms with van der Waals surface area (Å²) in [6, 6.07) is 3.77. The number of piperidine rings is 1. The summed E-state index contributed by atoms with van der Waals surface area (Å²) in [5, 5.41) is 10.6. The van der Waals surface area contributed by atoms with Gasteiger partial charge in [0.25, 0.3) is 5.69 Å². The van der Waals surface area contributed by atoms with Crippen molar-refractivity contribution < 1.29 is 18.8 Å². The van der Waals surface area contributed by atoms with Gasteiger partial charge in [-0.1, -0.05) is 0 Å². The molecule has 0 amide bonds. The predicted molar refractivity (Wildman–Crippen MR) is 75.8 cm³/mol. The van der Waals surface area contributed by atoms with Crippen LogP contribution in [0, 0.1) is 21.8 Å². The van der Waals surface area contributed by atoms with E-state index in [-0.39, 0.29) is 17.9 Å². The van der Waals surface area contributed by atoms with Gasteiger partial charge in [-0.05, 0) is 18.9 Å². The standard InChI is InChI=1S/C14H19FN2O4/c1-20-14(21-2)10-5-7-16(8-6-10)13-4-3-11(17(18)19)9-12(13)15/h3-4,9-10,14H,5-8H2,1-2H3. The summed E-state index contributed by atoms with van der Waals surface area (Å²) in [6.07, 6.45) is 1.40. The molecule has 1 aliphatic rings. The summed E-state index contributed by atoms with van der Waals surface area (Å²) < 4.78 is 24.5. The lowest BCUT2D eigenvalue weighted by Gasteiger charge is -2.36. The second-order valence-corrected chi connectivity index (χ2v) is 5.06. The Bertz CT molecular complexity index is 500. The number of halogens is 1. The third-order valence-electron chi connectivity index (χ3n) is 3.87. The molecule has 1 aliphatic heterocycles. The quantitative estimate of drug-likeness (QED) is 0.475. The highest BCUT2D eigenvalue weighted by Gasteiger charge is 2.27. The fourth-order valence-corrected chi connectivity index (χ4v) is 2.76. The molecule has 0 unspecified atom stereocenters. The SMILES string of the molecule is COC(OC)C1CCN(c2ccc([N+](=O)[O-])cc2F)CC1. The van der Waals surface area contributed by atoms with Gasteiger partial charge in [-0.2, -0.15) is 0 Å². The van der Waals surface area contributed by atoms with Crippen molar-refractivity contribution in [1.82, 2.24) is 0 Å². The fraction of sp³-hybridized carbons (Fsp3) is 0.571. The molecular formula is C14H19FN2O4. The van der Waals surface area contributed by atoms with Crippen LogP contribution in [0.15, 0.2) is 18.2 Å². The van der Waals surface area contributed by atoms with E-state index in [2.05, 4.69) is 0 Å². The van der Waals surface area contributed by atoms with Gasteiger partial charge in [0.15, 0.2) is 12.1 Å². The molecule has 0 radical (unpaired) electrons. The van der Waals surface area contributed by atoms with Crippen LogP contribution in [-0.4, -0.2) is 38.5 Å². The molecule has 6 nitrogen and oxygen atoms in total. The van der Waals surface area contributed by atoms with Crippen LogP contribution < -0.4 is 4.90 Å². The molecule has 0 aromatic heterocycles. The van der Waals surface area contributed by atoms with Gasteiger partial charge in [-0.25, -0.2) is 4.39 Å². The topological polar surface area (TPSA) is 64.8 Å². The zero-order chi connectivity index (χ0) is 15.4. The van der Waals surface area contributed by atoms with E-state index in [4.69, 9.17) is 9.47 Å². The van der Waals surface area contributed by atoms with Gasteiger partial charge in [0.2, 0.25) is 0 Å². The first-order valence-corrected chi connectivity index (χ1v) is 6.81. The number of nitrogens with zero attached hydrogens (tertiary/aromatic N) is 2. The minimum absolute atomic E-state index is 0.232. The number of hydrogen-bond acceptors (Lipinski definition) is 5. The number of anilines is 1. The number of nitro benzene ring substituents is 1. The molecule has 0 saturated carbocycles. The number of methoxy groups -OCH3 is 2. The van der Waals surface area contributed by atoms with Gasteiger partial charge in [0.1, 0.15) is 0 Å². The Balaban J connectivity index is 2.04. The van der Waals surface area contributed by atoms with Crippen molar-refractivity contribution in [3.8, 4) is 0 Å². The molecule has 1 fully saturated rings. The largest absolute Gasteiger partial charge is 0.369 e. The molecule has 1 aromatic carbocycles. The molecule has 21 heavy (non-hydrogen) atoms. The Labute approximate surface area is 122 Å². The van der Waals surface area contributed by atoms with Crippen LogP contribution in [0.25, 0.3) is 0 Å². The van der Waals surface area contributed by atoms with Gasteiger partial charge in [0, 0.05) is 39.3 Å². The lowest BCUT2D eigenvalue weighted by molar-refractivity contribution is -0.385. The van der Waals surface area contributed by atoms with E-state index < -0.39 is 10.7 Å². The predicted octanol–water partition coefficient (Wildman–Crippen LogP) is 2.57. The highest BCUT2D eigenvalue weighted by Crippen LogP contribution is 2.29. The highest BCUT2D eigenvalue weighted by atomic mass is 19.1. The average molecular weight is 298 g/mol. The van der Waals surface area contributed by atoms with Crippen molar-refractivity contribution in [2.24, 2.45) is 5.92 Å². The molecule has 2 rings (SSSR count). The minimum atomic E-state index is -0.596. The van der Waals surface area contributed by atoms with E-state index in [1.54, 1.807) is 14.2 Å². The summed E-state index contributed by atoms with van der Waals surface area (Å²) in [6.45, 7) is 1.34. The minimum Gasteiger partial charge on any atom is -0.369 e. The Morgan fingerprint density at radius 2 is 1.95 bits per heavy atom. The molecule has 1 heterocycles. The van der Waals surface area contributed by atoms with Crippen LogP contribution in [0.3, 0.4) is 0 Å². The molecule has 1 saturated heterocycles. The number of ether oxygens (including phenoxy) is 2. The maximum Gasteiger partial charge on any atom is 0.272 e. The molecule has 0 aliphatic carbocycles. The van der Waals surface area contributed by atoms with Crippen LogP contribution in [0.2, 0.25) is 0 Å². The molecule has 116 valence electrons. The van der Waals surface area contributed by atoms with Crippen molar-refractivity contribution >= 4 is 11.4 Å². The Kier molecular flexibility index (Phi) is 5.08.